The van der Waals surface area contributed by atoms with Crippen LogP contribution in [0.1, 0.15) is 32.9 Å². The molecule has 0 bridgehead atoms. The Hall–Kier alpha value is -0.930. The van der Waals surface area contributed by atoms with E-state index in [0.717, 1.165) is 31.2 Å². The van der Waals surface area contributed by atoms with Gasteiger partial charge in [-0.25, -0.2) is 0 Å². The molecule has 0 aromatic carbocycles. The molecule has 1 atom stereocenters. The summed E-state index contributed by atoms with van der Waals surface area (Å²) in [6.07, 6.45) is 3.10. The summed E-state index contributed by atoms with van der Waals surface area (Å²) < 4.78 is 0. The molecule has 3 nitrogen and oxygen atoms in total. The minimum absolute atomic E-state index is 0.654. The molecule has 0 saturated carbocycles. The van der Waals surface area contributed by atoms with Crippen LogP contribution in [-0.4, -0.2) is 36.1 Å². The normalized spacial score (nSPS) is 13.2. The van der Waals surface area contributed by atoms with Crippen LogP contribution in [0, 0.1) is 5.92 Å². The Morgan fingerprint density at radius 3 is 2.67 bits per heavy atom. The van der Waals surface area contributed by atoms with E-state index in [1.54, 1.807) is 0 Å². The van der Waals surface area contributed by atoms with Crippen molar-refractivity contribution in [1.82, 2.24) is 15.2 Å². The molecule has 18 heavy (non-hydrogen) atoms. The quantitative estimate of drug-likeness (QED) is 0.718. The van der Waals surface area contributed by atoms with Crippen LogP contribution in [0.25, 0.3) is 0 Å². The van der Waals surface area contributed by atoms with E-state index in [2.05, 4.69) is 49.1 Å². The molecule has 1 rings (SSSR count). The predicted molar refractivity (Wildman–Crippen MR) is 77.5 cm³/mol. The molecule has 0 spiro atoms. The number of nitrogens with zero attached hydrogens (tertiary/aromatic N) is 2. The summed E-state index contributed by atoms with van der Waals surface area (Å²) in [5.74, 6) is 0.768. The molecular formula is C15H27N3. The van der Waals surface area contributed by atoms with Gasteiger partial charge in [0.05, 0.1) is 5.69 Å². The Morgan fingerprint density at radius 2 is 2.06 bits per heavy atom. The number of likely N-dealkylation sites (N-methyl/N-ethyl adjacent to an activating group) is 1. The molecule has 0 amide bonds. The predicted octanol–water partition coefficient (Wildman–Crippen LogP) is 2.54. The van der Waals surface area contributed by atoms with Crippen molar-refractivity contribution in [3.8, 4) is 0 Å². The average molecular weight is 249 g/mol. The summed E-state index contributed by atoms with van der Waals surface area (Å²) in [7, 11) is 2.20. The second-order valence-corrected chi connectivity index (χ2v) is 5.46. The van der Waals surface area contributed by atoms with E-state index in [0.29, 0.717) is 6.04 Å². The third-order valence-corrected chi connectivity index (χ3v) is 3.24. The van der Waals surface area contributed by atoms with E-state index in [1.807, 2.05) is 18.3 Å². The van der Waals surface area contributed by atoms with Gasteiger partial charge in [-0.05, 0) is 38.4 Å². The lowest BCUT2D eigenvalue weighted by Gasteiger charge is -2.26. The van der Waals surface area contributed by atoms with E-state index < -0.39 is 0 Å². The number of pyridine rings is 1. The first-order valence-electron chi connectivity index (χ1n) is 6.90. The standard InChI is InChI=1S/C15H27N3/c1-13(2)11-14(3)18(4)10-9-16-12-15-7-5-6-8-17-15/h5-8,13-14,16H,9-12H2,1-4H3. The Labute approximate surface area is 112 Å². The molecule has 0 aliphatic heterocycles. The summed E-state index contributed by atoms with van der Waals surface area (Å²) in [6, 6.07) is 6.69. The van der Waals surface area contributed by atoms with Crippen molar-refractivity contribution in [1.29, 1.82) is 0 Å². The molecule has 1 unspecified atom stereocenters. The number of nitrogens with one attached hydrogen (secondary N) is 1. The van der Waals surface area contributed by atoms with E-state index >= 15 is 0 Å². The maximum atomic E-state index is 4.29. The van der Waals surface area contributed by atoms with Gasteiger partial charge in [0.2, 0.25) is 0 Å². The van der Waals surface area contributed by atoms with Crippen LogP contribution < -0.4 is 5.32 Å². The van der Waals surface area contributed by atoms with Gasteiger partial charge in [-0.3, -0.25) is 4.98 Å². The third-order valence-electron chi connectivity index (χ3n) is 3.24. The second kappa shape index (κ2) is 8.22. The van der Waals surface area contributed by atoms with Gasteiger partial charge in [0.1, 0.15) is 0 Å². The van der Waals surface area contributed by atoms with Crippen molar-refractivity contribution >= 4 is 0 Å². The molecule has 0 radical (unpaired) electrons. The molecule has 102 valence electrons. The second-order valence-electron chi connectivity index (χ2n) is 5.46. The van der Waals surface area contributed by atoms with Gasteiger partial charge in [-0.2, -0.15) is 0 Å². The first kappa shape index (κ1) is 15.1. The highest BCUT2D eigenvalue weighted by molar-refractivity contribution is 5.02. The molecule has 3 heteroatoms. The highest BCUT2D eigenvalue weighted by Gasteiger charge is 2.10. The summed E-state index contributed by atoms with van der Waals surface area (Å²) in [5, 5.41) is 3.44. The molecule has 0 saturated heterocycles. The highest BCUT2D eigenvalue weighted by Crippen LogP contribution is 2.08. The van der Waals surface area contributed by atoms with Crippen molar-refractivity contribution in [3.05, 3.63) is 30.1 Å². The molecule has 0 aliphatic carbocycles. The van der Waals surface area contributed by atoms with Crippen molar-refractivity contribution < 1.29 is 0 Å². The number of hydrogen-bond acceptors (Lipinski definition) is 3. The molecular weight excluding hydrogens is 222 g/mol. The average Bonchev–Trinajstić information content (AvgIpc) is 2.34. The largest absolute Gasteiger partial charge is 0.310 e. The molecule has 1 N–H and O–H groups in total. The van der Waals surface area contributed by atoms with Gasteiger partial charge in [-0.1, -0.05) is 19.9 Å². The molecule has 1 aromatic heterocycles. The zero-order valence-corrected chi connectivity index (χ0v) is 12.2. The molecule has 0 aliphatic rings. The van der Waals surface area contributed by atoms with Gasteiger partial charge in [0.15, 0.2) is 0 Å². The minimum atomic E-state index is 0.654. The maximum absolute atomic E-state index is 4.29. The summed E-state index contributed by atoms with van der Waals surface area (Å²) in [6.45, 7) is 9.82. The fourth-order valence-electron chi connectivity index (χ4n) is 2.06. The van der Waals surface area contributed by atoms with Gasteiger partial charge >= 0.3 is 0 Å². The lowest BCUT2D eigenvalue weighted by molar-refractivity contribution is 0.228. The first-order valence-corrected chi connectivity index (χ1v) is 6.90. The smallest absolute Gasteiger partial charge is 0.0541 e. The van der Waals surface area contributed by atoms with E-state index in [1.165, 1.54) is 6.42 Å². The fourth-order valence-corrected chi connectivity index (χ4v) is 2.06. The lowest BCUT2D eigenvalue weighted by Crippen LogP contribution is -2.36. The van der Waals surface area contributed by atoms with Crippen LogP contribution in [0.15, 0.2) is 24.4 Å². The zero-order chi connectivity index (χ0) is 13.4. The lowest BCUT2D eigenvalue weighted by atomic mass is 10.0. The Kier molecular flexibility index (Phi) is 6.91. The van der Waals surface area contributed by atoms with Crippen LogP contribution in [0.3, 0.4) is 0 Å². The monoisotopic (exact) mass is 249 g/mol. The van der Waals surface area contributed by atoms with Gasteiger partial charge in [0.25, 0.3) is 0 Å². The van der Waals surface area contributed by atoms with Crippen molar-refractivity contribution in [2.24, 2.45) is 5.92 Å². The summed E-state index contributed by atoms with van der Waals surface area (Å²) >= 11 is 0. The highest BCUT2D eigenvalue weighted by atomic mass is 15.1. The Bertz CT molecular complexity index is 311. The maximum Gasteiger partial charge on any atom is 0.0541 e. The Balaban J connectivity index is 2.14. The summed E-state index contributed by atoms with van der Waals surface area (Å²) in [5.41, 5.74) is 1.11. The number of aromatic nitrogens is 1. The van der Waals surface area contributed by atoms with Crippen LogP contribution in [0.2, 0.25) is 0 Å². The topological polar surface area (TPSA) is 28.2 Å². The number of hydrogen-bond donors (Lipinski definition) is 1. The zero-order valence-electron chi connectivity index (χ0n) is 12.2. The Morgan fingerprint density at radius 1 is 1.28 bits per heavy atom. The number of rotatable bonds is 8. The molecule has 0 fully saturated rings. The van der Waals surface area contributed by atoms with Crippen molar-refractivity contribution in [2.75, 3.05) is 20.1 Å². The summed E-state index contributed by atoms with van der Waals surface area (Å²) in [4.78, 5) is 6.72. The van der Waals surface area contributed by atoms with Crippen molar-refractivity contribution in [2.45, 2.75) is 39.8 Å². The van der Waals surface area contributed by atoms with E-state index in [4.69, 9.17) is 0 Å². The molecule has 1 heterocycles. The minimum Gasteiger partial charge on any atom is -0.310 e. The SMILES string of the molecule is CC(C)CC(C)N(C)CCNCc1ccccn1. The van der Waals surface area contributed by atoms with Gasteiger partial charge < -0.3 is 10.2 Å². The van der Waals surface area contributed by atoms with E-state index in [9.17, 15) is 0 Å². The van der Waals surface area contributed by atoms with Crippen LogP contribution in [0.5, 0.6) is 0 Å². The van der Waals surface area contributed by atoms with Crippen LogP contribution in [-0.2, 0) is 6.54 Å². The molecule has 1 aromatic rings. The van der Waals surface area contributed by atoms with Gasteiger partial charge in [-0.15, -0.1) is 0 Å². The fraction of sp³-hybridized carbons (Fsp3) is 0.667. The first-order chi connectivity index (χ1) is 8.59. The van der Waals surface area contributed by atoms with Crippen LogP contribution >= 0.6 is 0 Å². The van der Waals surface area contributed by atoms with Gasteiger partial charge in [0, 0.05) is 31.9 Å². The van der Waals surface area contributed by atoms with Crippen LogP contribution in [0.4, 0.5) is 0 Å². The van der Waals surface area contributed by atoms with E-state index in [-0.39, 0.29) is 0 Å². The third kappa shape index (κ3) is 6.12. The van der Waals surface area contributed by atoms with Crippen molar-refractivity contribution in [3.63, 3.8) is 0 Å².